The van der Waals surface area contributed by atoms with Crippen LogP contribution in [-0.2, 0) is 4.74 Å². The topological polar surface area (TPSA) is 21.3 Å². The highest BCUT2D eigenvalue weighted by Crippen LogP contribution is 1.94. The largest absolute Gasteiger partial charge is 0.377 e. The van der Waals surface area contributed by atoms with Crippen molar-refractivity contribution in [1.82, 2.24) is 5.32 Å². The fourth-order valence-corrected chi connectivity index (χ4v) is 1.55. The number of ether oxygens (including phenoxy) is 1. The van der Waals surface area contributed by atoms with Gasteiger partial charge in [-0.2, -0.15) is 0 Å². The van der Waals surface area contributed by atoms with Crippen LogP contribution in [0.2, 0.25) is 0 Å². The van der Waals surface area contributed by atoms with Crippen LogP contribution in [0.15, 0.2) is 0 Å². The lowest BCUT2D eigenvalue weighted by Gasteiger charge is -2.13. The third-order valence-corrected chi connectivity index (χ3v) is 2.05. The molecule has 1 N–H and O–H groups in total. The molecule has 0 saturated carbocycles. The van der Waals surface area contributed by atoms with E-state index in [-0.39, 0.29) is 0 Å². The first kappa shape index (κ1) is 12.4. The average Bonchev–Trinajstić information content (AvgIpc) is 1.98. The van der Waals surface area contributed by atoms with Crippen molar-refractivity contribution in [2.45, 2.75) is 39.3 Å². The second-order valence-electron chi connectivity index (χ2n) is 3.25. The Hall–Kier alpha value is 0.400. The monoisotopic (exact) mass is 237 g/mol. The molecule has 0 aliphatic rings. The van der Waals surface area contributed by atoms with Crippen LogP contribution < -0.4 is 5.32 Å². The first-order chi connectivity index (χ1) is 5.66. The molecule has 1 unspecified atom stereocenters. The number of rotatable bonds is 7. The van der Waals surface area contributed by atoms with E-state index >= 15 is 0 Å². The second kappa shape index (κ2) is 8.02. The maximum Gasteiger partial charge on any atom is 0.0594 e. The number of hydrogen-bond donors (Lipinski definition) is 1. The minimum Gasteiger partial charge on any atom is -0.377 e. The molecule has 0 heterocycles. The summed E-state index contributed by atoms with van der Waals surface area (Å²) in [7, 11) is 0. The minimum absolute atomic E-state index is 0.346. The first-order valence-electron chi connectivity index (χ1n) is 4.57. The molecule has 0 spiro atoms. The van der Waals surface area contributed by atoms with E-state index in [1.165, 1.54) is 6.42 Å². The van der Waals surface area contributed by atoms with Gasteiger partial charge in [-0.05, 0) is 27.2 Å². The van der Waals surface area contributed by atoms with Gasteiger partial charge in [-0.3, -0.25) is 0 Å². The minimum atomic E-state index is 0.346. The van der Waals surface area contributed by atoms with E-state index in [2.05, 4.69) is 42.0 Å². The molecule has 0 radical (unpaired) electrons. The molecule has 0 rings (SSSR count). The summed E-state index contributed by atoms with van der Waals surface area (Å²) in [6.45, 7) is 8.07. The Morgan fingerprint density at radius 1 is 1.33 bits per heavy atom. The molecule has 2 nitrogen and oxygen atoms in total. The zero-order valence-corrected chi connectivity index (χ0v) is 9.86. The molecule has 0 fully saturated rings. The number of hydrogen-bond acceptors (Lipinski definition) is 2. The van der Waals surface area contributed by atoms with Crippen LogP contribution in [0.4, 0.5) is 0 Å². The van der Waals surface area contributed by atoms with Crippen molar-refractivity contribution in [3.8, 4) is 0 Å². The fraction of sp³-hybridized carbons (Fsp3) is 1.00. The lowest BCUT2D eigenvalue weighted by Crippen LogP contribution is -2.30. The zero-order chi connectivity index (χ0) is 9.40. The van der Waals surface area contributed by atoms with Crippen LogP contribution in [0.5, 0.6) is 0 Å². The Morgan fingerprint density at radius 2 is 2.00 bits per heavy atom. The van der Waals surface area contributed by atoms with Gasteiger partial charge in [-0.15, -0.1) is 0 Å². The molecule has 0 amide bonds. The summed E-state index contributed by atoms with van der Waals surface area (Å²) >= 11 is 3.41. The summed E-state index contributed by atoms with van der Waals surface area (Å²) in [5, 5.41) is 4.45. The predicted molar refractivity (Wildman–Crippen MR) is 57.0 cm³/mol. The summed E-state index contributed by atoms with van der Waals surface area (Å²) in [6, 6.07) is 0.583. The van der Waals surface area contributed by atoms with Crippen LogP contribution in [-0.4, -0.2) is 30.6 Å². The van der Waals surface area contributed by atoms with Crippen molar-refractivity contribution in [2.75, 3.05) is 18.5 Å². The van der Waals surface area contributed by atoms with Gasteiger partial charge in [-0.25, -0.2) is 0 Å². The highest BCUT2D eigenvalue weighted by atomic mass is 79.9. The van der Waals surface area contributed by atoms with E-state index in [0.29, 0.717) is 12.1 Å². The van der Waals surface area contributed by atoms with Crippen LogP contribution in [0.25, 0.3) is 0 Å². The van der Waals surface area contributed by atoms with Crippen molar-refractivity contribution >= 4 is 15.9 Å². The van der Waals surface area contributed by atoms with E-state index in [0.717, 1.165) is 18.5 Å². The number of alkyl halides is 1. The standard InChI is InChI=1S/C9H20BrNO/c1-8(2)12-7-6-11-9(3)4-5-10/h8-9,11H,4-7H2,1-3H3. The Balaban J connectivity index is 3.08. The molecule has 74 valence electrons. The van der Waals surface area contributed by atoms with Crippen LogP contribution >= 0.6 is 15.9 Å². The summed E-state index contributed by atoms with van der Waals surface area (Å²) in [5.74, 6) is 0. The fourth-order valence-electron chi connectivity index (χ4n) is 0.866. The van der Waals surface area contributed by atoms with Crippen LogP contribution in [0.3, 0.4) is 0 Å². The van der Waals surface area contributed by atoms with Crippen LogP contribution in [0, 0.1) is 0 Å². The molecule has 3 heteroatoms. The van der Waals surface area contributed by atoms with Gasteiger partial charge in [0.05, 0.1) is 12.7 Å². The maximum atomic E-state index is 5.40. The quantitative estimate of drug-likeness (QED) is 0.542. The van der Waals surface area contributed by atoms with E-state index < -0.39 is 0 Å². The van der Waals surface area contributed by atoms with Crippen molar-refractivity contribution in [1.29, 1.82) is 0 Å². The van der Waals surface area contributed by atoms with Crippen molar-refractivity contribution in [2.24, 2.45) is 0 Å². The van der Waals surface area contributed by atoms with Crippen molar-refractivity contribution in [3.05, 3.63) is 0 Å². The third-order valence-electron chi connectivity index (χ3n) is 1.59. The van der Waals surface area contributed by atoms with Crippen molar-refractivity contribution in [3.63, 3.8) is 0 Å². The molecule has 0 aromatic rings. The van der Waals surface area contributed by atoms with Gasteiger partial charge >= 0.3 is 0 Å². The number of nitrogens with one attached hydrogen (secondary N) is 1. The Labute approximate surface area is 84.2 Å². The smallest absolute Gasteiger partial charge is 0.0594 e. The summed E-state index contributed by atoms with van der Waals surface area (Å²) < 4.78 is 5.40. The lowest BCUT2D eigenvalue weighted by atomic mass is 10.3. The molecule has 0 aromatic heterocycles. The molecule has 0 saturated heterocycles. The van der Waals surface area contributed by atoms with Gasteiger partial charge in [0.1, 0.15) is 0 Å². The first-order valence-corrected chi connectivity index (χ1v) is 5.70. The van der Waals surface area contributed by atoms with E-state index in [4.69, 9.17) is 4.74 Å². The van der Waals surface area contributed by atoms with E-state index in [9.17, 15) is 0 Å². The molecular formula is C9H20BrNO. The van der Waals surface area contributed by atoms with Gasteiger partial charge in [-0.1, -0.05) is 15.9 Å². The zero-order valence-electron chi connectivity index (χ0n) is 8.27. The SMILES string of the molecule is CC(CCBr)NCCOC(C)C. The molecule has 0 aliphatic carbocycles. The van der Waals surface area contributed by atoms with Gasteiger partial charge in [0.25, 0.3) is 0 Å². The third kappa shape index (κ3) is 8.50. The summed E-state index contributed by atoms with van der Waals surface area (Å²) in [4.78, 5) is 0. The summed E-state index contributed by atoms with van der Waals surface area (Å²) in [6.07, 6.45) is 1.51. The second-order valence-corrected chi connectivity index (χ2v) is 4.05. The Kier molecular flexibility index (Phi) is 8.29. The predicted octanol–water partition coefficient (Wildman–Crippen LogP) is 2.17. The van der Waals surface area contributed by atoms with Crippen LogP contribution in [0.1, 0.15) is 27.2 Å². The van der Waals surface area contributed by atoms with Gasteiger partial charge in [0.2, 0.25) is 0 Å². The highest BCUT2D eigenvalue weighted by molar-refractivity contribution is 9.09. The lowest BCUT2D eigenvalue weighted by molar-refractivity contribution is 0.0796. The Bertz CT molecular complexity index is 98.5. The molecule has 12 heavy (non-hydrogen) atoms. The maximum absolute atomic E-state index is 5.40. The van der Waals surface area contributed by atoms with E-state index in [1.807, 2.05) is 0 Å². The normalized spacial score (nSPS) is 13.8. The summed E-state index contributed by atoms with van der Waals surface area (Å²) in [5.41, 5.74) is 0. The van der Waals surface area contributed by atoms with Gasteiger partial charge < -0.3 is 10.1 Å². The Morgan fingerprint density at radius 3 is 2.50 bits per heavy atom. The average molecular weight is 238 g/mol. The van der Waals surface area contributed by atoms with Gasteiger partial charge in [0, 0.05) is 17.9 Å². The highest BCUT2D eigenvalue weighted by Gasteiger charge is 1.99. The molecule has 0 bridgehead atoms. The van der Waals surface area contributed by atoms with Gasteiger partial charge in [0.15, 0.2) is 0 Å². The van der Waals surface area contributed by atoms with E-state index in [1.54, 1.807) is 0 Å². The molecule has 1 atom stereocenters. The van der Waals surface area contributed by atoms with Crippen molar-refractivity contribution < 1.29 is 4.74 Å². The molecular weight excluding hydrogens is 218 g/mol. The number of halogens is 1. The molecule has 0 aromatic carbocycles. The molecule has 0 aliphatic heterocycles.